The van der Waals surface area contributed by atoms with Crippen LogP contribution in [0.2, 0.25) is 11.6 Å². The summed E-state index contributed by atoms with van der Waals surface area (Å²) < 4.78 is 11.3. The summed E-state index contributed by atoms with van der Waals surface area (Å²) in [5.41, 5.74) is -0.0996. The van der Waals surface area contributed by atoms with Crippen molar-refractivity contribution in [3.8, 4) is 6.07 Å². The molecule has 0 aliphatic rings. The molecule has 0 saturated heterocycles. The van der Waals surface area contributed by atoms with Crippen LogP contribution in [0.25, 0.3) is 0 Å². The Labute approximate surface area is 81.9 Å². The third kappa shape index (κ3) is 3.11. The molecule has 1 unspecified atom stereocenters. The van der Waals surface area contributed by atoms with Gasteiger partial charge in [0.2, 0.25) is 0 Å². The van der Waals surface area contributed by atoms with Gasteiger partial charge in [0.25, 0.3) is 0 Å². The van der Waals surface area contributed by atoms with Crippen LogP contribution in [0.1, 0.15) is 27.7 Å². The molecular formula is C9H19NO2Si. The van der Waals surface area contributed by atoms with E-state index in [-0.39, 0.29) is 5.54 Å². The molecule has 4 heteroatoms. The summed E-state index contributed by atoms with van der Waals surface area (Å²) in [5.74, 6) is 0. The average Bonchev–Trinajstić information content (AvgIpc) is 2.16. The number of nitrogens with zero attached hydrogens (tertiary/aromatic N) is 1. The van der Waals surface area contributed by atoms with E-state index in [4.69, 9.17) is 14.1 Å². The van der Waals surface area contributed by atoms with Crippen LogP contribution in [0.15, 0.2) is 0 Å². The van der Waals surface area contributed by atoms with Crippen LogP contribution in [0.4, 0.5) is 0 Å². The zero-order valence-corrected chi connectivity index (χ0v) is 9.96. The van der Waals surface area contributed by atoms with E-state index in [2.05, 4.69) is 6.07 Å². The second-order valence-corrected chi connectivity index (χ2v) is 6.66. The molecule has 0 saturated carbocycles. The van der Waals surface area contributed by atoms with E-state index in [0.717, 1.165) is 6.04 Å². The first kappa shape index (κ1) is 12.6. The summed E-state index contributed by atoms with van der Waals surface area (Å²) >= 11 is 0. The topological polar surface area (TPSA) is 42.2 Å². The molecule has 0 aromatic carbocycles. The lowest BCUT2D eigenvalue weighted by Crippen LogP contribution is -2.45. The molecule has 0 radical (unpaired) electrons. The third-order valence-corrected chi connectivity index (χ3v) is 6.11. The van der Waals surface area contributed by atoms with Gasteiger partial charge in [-0.3, -0.25) is 0 Å². The molecule has 0 amide bonds. The first-order valence-electron chi connectivity index (χ1n) is 4.84. The van der Waals surface area contributed by atoms with Crippen LogP contribution in [-0.2, 0) is 8.85 Å². The summed E-state index contributed by atoms with van der Waals surface area (Å²) in [4.78, 5) is 0. The highest BCUT2D eigenvalue weighted by Crippen LogP contribution is 2.27. The first-order chi connectivity index (χ1) is 6.16. The molecule has 0 aliphatic carbocycles. The Kier molecular flexibility index (Phi) is 5.96. The van der Waals surface area contributed by atoms with Gasteiger partial charge in [0.05, 0.1) is 11.6 Å². The van der Waals surface area contributed by atoms with Gasteiger partial charge < -0.3 is 8.85 Å². The minimum atomic E-state index is -2.23. The van der Waals surface area contributed by atoms with Crippen LogP contribution in [0.5, 0.6) is 0 Å². The molecule has 0 aromatic rings. The highest BCUT2D eigenvalue weighted by molar-refractivity contribution is 6.69. The fourth-order valence-corrected chi connectivity index (χ4v) is 4.17. The van der Waals surface area contributed by atoms with Crippen molar-refractivity contribution in [1.29, 1.82) is 5.26 Å². The summed E-state index contributed by atoms with van der Waals surface area (Å²) in [6, 6.07) is 3.07. The molecule has 3 nitrogen and oxygen atoms in total. The fraction of sp³-hybridized carbons (Fsp3) is 0.889. The van der Waals surface area contributed by atoms with E-state index >= 15 is 0 Å². The number of nitriles is 1. The van der Waals surface area contributed by atoms with Crippen molar-refractivity contribution in [2.24, 2.45) is 0 Å². The predicted octanol–water partition coefficient (Wildman–Crippen LogP) is 2.44. The third-order valence-electron chi connectivity index (χ3n) is 2.12. The lowest BCUT2D eigenvalue weighted by atomic mass is 10.5. The second kappa shape index (κ2) is 6.14. The number of rotatable bonds is 6. The Balaban J connectivity index is 4.54. The van der Waals surface area contributed by atoms with Crippen LogP contribution < -0.4 is 0 Å². The fourth-order valence-electron chi connectivity index (χ4n) is 1.39. The van der Waals surface area contributed by atoms with E-state index in [1.54, 1.807) is 0 Å². The SMILES string of the molecule is CCO[Si](CC)(OCC)C(C)C#N. The van der Waals surface area contributed by atoms with E-state index in [9.17, 15) is 0 Å². The van der Waals surface area contributed by atoms with Gasteiger partial charge in [-0.15, -0.1) is 0 Å². The molecule has 0 spiro atoms. The molecule has 1 atom stereocenters. The van der Waals surface area contributed by atoms with Crippen LogP contribution in [-0.4, -0.2) is 21.8 Å². The Morgan fingerprint density at radius 3 is 1.92 bits per heavy atom. The molecule has 13 heavy (non-hydrogen) atoms. The first-order valence-corrected chi connectivity index (χ1v) is 6.94. The van der Waals surface area contributed by atoms with Gasteiger partial charge in [-0.05, 0) is 26.8 Å². The molecule has 0 rings (SSSR count). The molecule has 0 aromatic heterocycles. The van der Waals surface area contributed by atoms with Crippen molar-refractivity contribution in [3.05, 3.63) is 0 Å². The summed E-state index contributed by atoms with van der Waals surface area (Å²) in [6.45, 7) is 9.08. The molecule has 0 bridgehead atoms. The zero-order valence-electron chi connectivity index (χ0n) is 8.96. The smallest absolute Gasteiger partial charge is 0.355 e. The summed E-state index contributed by atoms with van der Waals surface area (Å²) in [6.07, 6.45) is 0. The van der Waals surface area contributed by atoms with E-state index in [1.807, 2.05) is 27.7 Å². The minimum absolute atomic E-state index is 0.0996. The van der Waals surface area contributed by atoms with Crippen molar-refractivity contribution in [2.75, 3.05) is 13.2 Å². The summed E-state index contributed by atoms with van der Waals surface area (Å²) in [7, 11) is -2.23. The standard InChI is InChI=1S/C9H19NO2Si/c1-5-11-13(7-3,12-6-2)9(4)8-10/h9H,5-7H2,1-4H3. The highest BCUT2D eigenvalue weighted by Gasteiger charge is 2.41. The van der Waals surface area contributed by atoms with Gasteiger partial charge in [-0.1, -0.05) is 6.92 Å². The Hall–Kier alpha value is -0.373. The maximum atomic E-state index is 8.88. The Morgan fingerprint density at radius 1 is 1.23 bits per heavy atom. The van der Waals surface area contributed by atoms with Gasteiger partial charge in [-0.2, -0.15) is 5.26 Å². The lowest BCUT2D eigenvalue weighted by Gasteiger charge is -2.30. The van der Waals surface area contributed by atoms with Crippen molar-refractivity contribution < 1.29 is 8.85 Å². The average molecular weight is 201 g/mol. The second-order valence-electron chi connectivity index (χ2n) is 2.88. The van der Waals surface area contributed by atoms with E-state index in [1.165, 1.54) is 0 Å². The predicted molar refractivity (Wildman–Crippen MR) is 54.5 cm³/mol. The van der Waals surface area contributed by atoms with Gasteiger partial charge >= 0.3 is 8.56 Å². The molecular weight excluding hydrogens is 182 g/mol. The van der Waals surface area contributed by atoms with Crippen LogP contribution in [0, 0.1) is 11.3 Å². The van der Waals surface area contributed by atoms with E-state index < -0.39 is 8.56 Å². The Bertz CT molecular complexity index is 173. The van der Waals surface area contributed by atoms with Crippen LogP contribution in [0.3, 0.4) is 0 Å². The monoisotopic (exact) mass is 201 g/mol. The molecule has 0 aliphatic heterocycles. The van der Waals surface area contributed by atoms with Gasteiger partial charge in [0.1, 0.15) is 0 Å². The zero-order chi connectivity index (χ0) is 10.3. The molecule has 76 valence electrons. The maximum absolute atomic E-state index is 8.88. The lowest BCUT2D eigenvalue weighted by molar-refractivity contribution is 0.179. The maximum Gasteiger partial charge on any atom is 0.355 e. The van der Waals surface area contributed by atoms with Crippen molar-refractivity contribution in [2.45, 2.75) is 39.3 Å². The Morgan fingerprint density at radius 2 is 1.69 bits per heavy atom. The quantitative estimate of drug-likeness (QED) is 0.620. The normalized spacial score (nSPS) is 13.8. The highest BCUT2D eigenvalue weighted by atomic mass is 28.4. The van der Waals surface area contributed by atoms with Crippen molar-refractivity contribution in [3.63, 3.8) is 0 Å². The van der Waals surface area contributed by atoms with Crippen LogP contribution >= 0.6 is 0 Å². The van der Waals surface area contributed by atoms with Gasteiger partial charge in [0.15, 0.2) is 0 Å². The van der Waals surface area contributed by atoms with Crippen molar-refractivity contribution in [1.82, 2.24) is 0 Å². The number of hydrogen-bond acceptors (Lipinski definition) is 3. The molecule has 0 heterocycles. The minimum Gasteiger partial charge on any atom is -0.394 e. The number of hydrogen-bond donors (Lipinski definition) is 0. The molecule has 0 fully saturated rings. The van der Waals surface area contributed by atoms with E-state index in [0.29, 0.717) is 13.2 Å². The van der Waals surface area contributed by atoms with Crippen molar-refractivity contribution >= 4 is 8.56 Å². The van der Waals surface area contributed by atoms with Gasteiger partial charge in [0, 0.05) is 13.2 Å². The summed E-state index contributed by atoms with van der Waals surface area (Å²) in [5, 5.41) is 8.88. The largest absolute Gasteiger partial charge is 0.394 e. The van der Waals surface area contributed by atoms with Gasteiger partial charge in [-0.25, -0.2) is 0 Å². The molecule has 0 N–H and O–H groups in total.